The Bertz CT molecular complexity index is 480. The van der Waals surface area contributed by atoms with Crippen molar-refractivity contribution in [3.63, 3.8) is 0 Å². The average Bonchev–Trinajstić information content (AvgIpc) is 3.13. The Morgan fingerprint density at radius 1 is 0.778 bits per heavy atom. The second-order valence-electron chi connectivity index (χ2n) is 9.32. The summed E-state index contributed by atoms with van der Waals surface area (Å²) in [6.45, 7) is 1.48. The molecule has 0 spiro atoms. The molecule has 3 aliphatic rings. The number of amides is 1. The standard InChI is InChI=1S/C23H39N3O/c24-18-26-16-15-22(17-26)25-23(27)21-13-7-11-20(12-8-14-21)19-9-5-3-1-2-4-6-10-19/h19-22H,1-17H2,(H,25,27)/t20?,21?,22-/m1/s1. The fourth-order valence-corrected chi connectivity index (χ4v) is 5.70. The molecule has 0 radical (unpaired) electrons. The molecule has 1 aliphatic heterocycles. The van der Waals surface area contributed by atoms with Crippen molar-refractivity contribution in [2.45, 2.75) is 102 Å². The van der Waals surface area contributed by atoms with Crippen LogP contribution in [0.4, 0.5) is 0 Å². The first kappa shape index (κ1) is 20.5. The highest BCUT2D eigenvalue weighted by Crippen LogP contribution is 2.36. The number of nitrogens with zero attached hydrogens (tertiary/aromatic N) is 2. The number of likely N-dealkylation sites (tertiary alicyclic amines) is 1. The topological polar surface area (TPSA) is 56.1 Å². The van der Waals surface area contributed by atoms with E-state index < -0.39 is 0 Å². The van der Waals surface area contributed by atoms with Gasteiger partial charge in [-0.25, -0.2) is 0 Å². The van der Waals surface area contributed by atoms with Crippen LogP contribution in [0.25, 0.3) is 0 Å². The van der Waals surface area contributed by atoms with Gasteiger partial charge in [0, 0.05) is 25.0 Å². The molecule has 1 amide bonds. The molecule has 4 heteroatoms. The lowest BCUT2D eigenvalue weighted by Crippen LogP contribution is -2.40. The number of rotatable bonds is 3. The third kappa shape index (κ3) is 6.40. The zero-order chi connectivity index (χ0) is 18.9. The summed E-state index contributed by atoms with van der Waals surface area (Å²) in [6.07, 6.45) is 21.9. The Hall–Kier alpha value is -1.24. The lowest BCUT2D eigenvalue weighted by molar-refractivity contribution is -0.126. The van der Waals surface area contributed by atoms with Crippen molar-refractivity contribution in [1.29, 1.82) is 5.26 Å². The third-order valence-electron chi connectivity index (χ3n) is 7.37. The number of nitrogens with one attached hydrogen (secondary N) is 1. The van der Waals surface area contributed by atoms with Crippen LogP contribution < -0.4 is 5.32 Å². The molecule has 2 saturated carbocycles. The van der Waals surface area contributed by atoms with Gasteiger partial charge < -0.3 is 10.2 Å². The van der Waals surface area contributed by atoms with Crippen LogP contribution in [0.1, 0.15) is 96.3 Å². The predicted octanol–water partition coefficient (Wildman–Crippen LogP) is 5.00. The molecule has 4 nitrogen and oxygen atoms in total. The van der Waals surface area contributed by atoms with E-state index in [4.69, 9.17) is 5.26 Å². The largest absolute Gasteiger partial charge is 0.351 e. The molecule has 0 bridgehead atoms. The lowest BCUT2D eigenvalue weighted by atomic mass is 9.76. The van der Waals surface area contributed by atoms with E-state index in [0.717, 1.165) is 37.6 Å². The van der Waals surface area contributed by atoms with Crippen LogP contribution in [0.5, 0.6) is 0 Å². The van der Waals surface area contributed by atoms with Crippen LogP contribution in [-0.2, 0) is 4.79 Å². The summed E-state index contributed by atoms with van der Waals surface area (Å²) < 4.78 is 0. The minimum absolute atomic E-state index is 0.175. The highest BCUT2D eigenvalue weighted by Gasteiger charge is 2.29. The molecular weight excluding hydrogens is 334 g/mol. The van der Waals surface area contributed by atoms with E-state index in [2.05, 4.69) is 11.5 Å². The van der Waals surface area contributed by atoms with Crippen LogP contribution >= 0.6 is 0 Å². The number of hydrogen-bond donors (Lipinski definition) is 1. The van der Waals surface area contributed by atoms with Gasteiger partial charge in [-0.05, 0) is 31.1 Å². The molecular formula is C23H39N3O. The molecule has 0 aromatic carbocycles. The van der Waals surface area contributed by atoms with Crippen molar-refractivity contribution < 1.29 is 4.79 Å². The van der Waals surface area contributed by atoms with E-state index in [9.17, 15) is 4.79 Å². The molecule has 152 valence electrons. The fraction of sp³-hybridized carbons (Fsp3) is 0.913. The molecule has 0 aromatic heterocycles. The Morgan fingerprint density at radius 2 is 1.33 bits per heavy atom. The lowest BCUT2D eigenvalue weighted by Gasteiger charge is -2.31. The molecule has 3 rings (SSSR count). The molecule has 3 fully saturated rings. The van der Waals surface area contributed by atoms with E-state index in [1.807, 2.05) is 0 Å². The maximum atomic E-state index is 12.7. The summed E-state index contributed by atoms with van der Waals surface area (Å²) in [5.74, 6) is 2.30. The van der Waals surface area contributed by atoms with E-state index >= 15 is 0 Å². The van der Waals surface area contributed by atoms with Crippen molar-refractivity contribution in [2.24, 2.45) is 17.8 Å². The summed E-state index contributed by atoms with van der Waals surface area (Å²) in [6, 6.07) is 0.175. The summed E-state index contributed by atoms with van der Waals surface area (Å²) in [7, 11) is 0. The Kier molecular flexibility index (Phi) is 8.30. The normalized spacial score (nSPS) is 31.7. The highest BCUT2D eigenvalue weighted by molar-refractivity contribution is 5.79. The van der Waals surface area contributed by atoms with E-state index in [-0.39, 0.29) is 17.9 Å². The SMILES string of the molecule is N#CN1CC[C@@H](NC(=O)C2CCCC(C3CCCCCCCC3)CCC2)C1. The number of carbonyl (C=O) groups excluding carboxylic acids is 1. The number of hydrogen-bond acceptors (Lipinski definition) is 3. The fourth-order valence-electron chi connectivity index (χ4n) is 5.70. The smallest absolute Gasteiger partial charge is 0.223 e. The highest BCUT2D eigenvalue weighted by atomic mass is 16.1. The van der Waals surface area contributed by atoms with Crippen molar-refractivity contribution in [1.82, 2.24) is 10.2 Å². The zero-order valence-electron chi connectivity index (χ0n) is 17.1. The van der Waals surface area contributed by atoms with Gasteiger partial charge in [-0.2, -0.15) is 5.26 Å². The Morgan fingerprint density at radius 3 is 1.89 bits per heavy atom. The van der Waals surface area contributed by atoms with Gasteiger partial charge in [0.2, 0.25) is 5.91 Å². The van der Waals surface area contributed by atoms with Crippen LogP contribution in [-0.4, -0.2) is 29.9 Å². The van der Waals surface area contributed by atoms with E-state index in [1.54, 1.807) is 4.90 Å². The van der Waals surface area contributed by atoms with Crippen LogP contribution in [0, 0.1) is 29.2 Å². The second-order valence-corrected chi connectivity index (χ2v) is 9.32. The summed E-state index contributed by atoms with van der Waals surface area (Å²) >= 11 is 0. The van der Waals surface area contributed by atoms with Crippen molar-refractivity contribution in [3.05, 3.63) is 0 Å². The molecule has 2 aliphatic carbocycles. The zero-order valence-corrected chi connectivity index (χ0v) is 17.1. The number of carbonyl (C=O) groups is 1. The van der Waals surface area contributed by atoms with Gasteiger partial charge in [-0.15, -0.1) is 0 Å². The molecule has 27 heavy (non-hydrogen) atoms. The van der Waals surface area contributed by atoms with E-state index in [1.165, 1.54) is 77.0 Å². The molecule has 1 heterocycles. The van der Waals surface area contributed by atoms with Gasteiger partial charge >= 0.3 is 0 Å². The van der Waals surface area contributed by atoms with Crippen LogP contribution in [0.3, 0.4) is 0 Å². The van der Waals surface area contributed by atoms with Crippen LogP contribution in [0.15, 0.2) is 0 Å². The van der Waals surface area contributed by atoms with Gasteiger partial charge in [-0.1, -0.05) is 77.0 Å². The van der Waals surface area contributed by atoms with Crippen molar-refractivity contribution >= 4 is 5.91 Å². The van der Waals surface area contributed by atoms with Gasteiger partial charge in [0.25, 0.3) is 0 Å². The summed E-state index contributed by atoms with van der Waals surface area (Å²) in [5.41, 5.74) is 0. The molecule has 1 saturated heterocycles. The Balaban J connectivity index is 1.43. The van der Waals surface area contributed by atoms with Gasteiger partial charge in [0.05, 0.1) is 0 Å². The monoisotopic (exact) mass is 373 g/mol. The molecule has 1 atom stereocenters. The quantitative estimate of drug-likeness (QED) is 0.709. The molecule has 0 unspecified atom stereocenters. The molecule has 1 N–H and O–H groups in total. The summed E-state index contributed by atoms with van der Waals surface area (Å²) in [4.78, 5) is 14.5. The third-order valence-corrected chi connectivity index (χ3v) is 7.37. The Labute approximate surface area is 166 Å². The van der Waals surface area contributed by atoms with Crippen molar-refractivity contribution in [3.8, 4) is 6.19 Å². The van der Waals surface area contributed by atoms with Gasteiger partial charge in [-0.3, -0.25) is 4.79 Å². The summed E-state index contributed by atoms with van der Waals surface area (Å²) in [5, 5.41) is 12.2. The van der Waals surface area contributed by atoms with Crippen LogP contribution in [0.2, 0.25) is 0 Å². The van der Waals surface area contributed by atoms with E-state index in [0.29, 0.717) is 6.54 Å². The minimum Gasteiger partial charge on any atom is -0.351 e. The second kappa shape index (κ2) is 10.9. The maximum Gasteiger partial charge on any atom is 0.223 e. The first-order valence-corrected chi connectivity index (χ1v) is 11.7. The minimum atomic E-state index is 0.175. The number of nitriles is 1. The molecule has 0 aromatic rings. The predicted molar refractivity (Wildman–Crippen MR) is 109 cm³/mol. The first-order valence-electron chi connectivity index (χ1n) is 11.7. The first-order chi connectivity index (χ1) is 13.3. The van der Waals surface area contributed by atoms with Gasteiger partial charge in [0.15, 0.2) is 6.19 Å². The van der Waals surface area contributed by atoms with Crippen molar-refractivity contribution in [2.75, 3.05) is 13.1 Å². The average molecular weight is 374 g/mol. The van der Waals surface area contributed by atoms with Gasteiger partial charge in [0.1, 0.15) is 0 Å². The maximum absolute atomic E-state index is 12.7.